The molecule has 2 aromatic heterocycles. The second-order valence-corrected chi connectivity index (χ2v) is 17.1. The Morgan fingerprint density at radius 1 is 0.500 bits per heavy atom. The van der Waals surface area contributed by atoms with Crippen molar-refractivity contribution < 1.29 is 4.74 Å². The predicted molar refractivity (Wildman–Crippen MR) is 242 cm³/mol. The number of nitrogens with zero attached hydrogens (tertiary/aromatic N) is 4. The van der Waals surface area contributed by atoms with Gasteiger partial charge in [-0.1, -0.05) is 126 Å². The van der Waals surface area contributed by atoms with Gasteiger partial charge in [-0.15, -0.1) is 0 Å². The fourth-order valence-electron chi connectivity index (χ4n) is 8.38. The summed E-state index contributed by atoms with van der Waals surface area (Å²) in [6.45, 7) is 16.5. The Kier molecular flexibility index (Phi) is 9.20. The highest BCUT2D eigenvalue weighted by molar-refractivity contribution is 6.09. The van der Waals surface area contributed by atoms with Gasteiger partial charge in [0, 0.05) is 57.3 Å². The molecule has 58 heavy (non-hydrogen) atoms. The molecule has 0 radical (unpaired) electrons. The summed E-state index contributed by atoms with van der Waals surface area (Å²) in [4.78, 5) is 9.76. The molecule has 0 N–H and O–H groups in total. The minimum Gasteiger partial charge on any atom is -0.457 e. The van der Waals surface area contributed by atoms with Crippen LogP contribution >= 0.6 is 0 Å². The average molecular weight is 759 g/mol. The fourth-order valence-corrected chi connectivity index (χ4v) is 8.38. The summed E-state index contributed by atoms with van der Waals surface area (Å²) in [6.07, 6.45) is 1.94. The first-order chi connectivity index (χ1) is 28.0. The molecule has 0 unspecified atom stereocenters. The molecular formula is C53H50N4O. The highest BCUT2D eigenvalue weighted by Gasteiger charge is 2.28. The van der Waals surface area contributed by atoms with Crippen molar-refractivity contribution in [3.8, 4) is 28.4 Å². The van der Waals surface area contributed by atoms with Crippen LogP contribution in [0.25, 0.3) is 38.8 Å². The lowest BCUT2D eigenvalue weighted by Gasteiger charge is -2.26. The summed E-state index contributed by atoms with van der Waals surface area (Å²) in [5.41, 5.74) is 12.8. The smallest absolute Gasteiger partial charge is 0.137 e. The molecule has 0 amide bonds. The van der Waals surface area contributed by atoms with Gasteiger partial charge in [-0.05, 0) is 102 Å². The molecular weight excluding hydrogens is 709 g/mol. The standard InChI is InChI=1S/C53H50N4O/c1-36-37(2)56(35-55(36)43-24-22-40(23-25-43)52(3,4)5)44-30-39(38-16-10-8-11-17-38)31-46(33-44)58-45-26-27-48-47-20-14-15-21-49(47)57(50(48)34-45)51-32-42(28-29-54-51)53(6,7)41-18-12-9-13-19-41/h8-34H,35H2,1-7H3. The number of hydrogen-bond donors (Lipinski definition) is 0. The summed E-state index contributed by atoms with van der Waals surface area (Å²) < 4.78 is 9.18. The number of ether oxygens (including phenoxy) is 1. The van der Waals surface area contributed by atoms with Crippen LogP contribution in [-0.2, 0) is 10.8 Å². The number of rotatable bonds is 8. The van der Waals surface area contributed by atoms with E-state index in [1.54, 1.807) is 0 Å². The van der Waals surface area contributed by atoms with Crippen molar-refractivity contribution in [2.75, 3.05) is 16.5 Å². The van der Waals surface area contributed by atoms with Crippen LogP contribution in [0.2, 0.25) is 0 Å². The Morgan fingerprint density at radius 2 is 1.16 bits per heavy atom. The van der Waals surface area contributed by atoms with Crippen LogP contribution in [0, 0.1) is 0 Å². The van der Waals surface area contributed by atoms with Crippen molar-refractivity contribution in [3.05, 3.63) is 192 Å². The van der Waals surface area contributed by atoms with Gasteiger partial charge in [0.15, 0.2) is 0 Å². The third-order valence-electron chi connectivity index (χ3n) is 12.0. The highest BCUT2D eigenvalue weighted by atomic mass is 16.5. The van der Waals surface area contributed by atoms with Gasteiger partial charge in [0.2, 0.25) is 0 Å². The zero-order valence-electron chi connectivity index (χ0n) is 34.5. The lowest BCUT2D eigenvalue weighted by atomic mass is 9.78. The van der Waals surface area contributed by atoms with Gasteiger partial charge < -0.3 is 14.5 Å². The van der Waals surface area contributed by atoms with Gasteiger partial charge >= 0.3 is 0 Å². The van der Waals surface area contributed by atoms with Crippen LogP contribution in [0.3, 0.4) is 0 Å². The van der Waals surface area contributed by atoms with E-state index < -0.39 is 0 Å². The van der Waals surface area contributed by atoms with Gasteiger partial charge in [-0.2, -0.15) is 0 Å². The number of allylic oxidation sites excluding steroid dienone is 2. The summed E-state index contributed by atoms with van der Waals surface area (Å²) in [5, 5.41) is 2.33. The molecule has 6 aromatic carbocycles. The molecule has 5 nitrogen and oxygen atoms in total. The van der Waals surface area contributed by atoms with Gasteiger partial charge in [0.1, 0.15) is 17.3 Å². The van der Waals surface area contributed by atoms with Crippen molar-refractivity contribution in [2.24, 2.45) is 0 Å². The molecule has 9 rings (SSSR count). The second-order valence-electron chi connectivity index (χ2n) is 17.1. The summed E-state index contributed by atoms with van der Waals surface area (Å²) in [5.74, 6) is 2.42. The van der Waals surface area contributed by atoms with E-state index >= 15 is 0 Å². The molecule has 0 spiro atoms. The van der Waals surface area contributed by atoms with E-state index in [1.807, 2.05) is 6.20 Å². The Balaban J connectivity index is 1.11. The van der Waals surface area contributed by atoms with Gasteiger partial charge in [-0.25, -0.2) is 4.98 Å². The maximum atomic E-state index is 6.90. The topological polar surface area (TPSA) is 33.5 Å². The van der Waals surface area contributed by atoms with Crippen LogP contribution < -0.4 is 14.5 Å². The van der Waals surface area contributed by atoms with Crippen molar-refractivity contribution in [3.63, 3.8) is 0 Å². The van der Waals surface area contributed by atoms with Gasteiger partial charge in [0.25, 0.3) is 0 Å². The van der Waals surface area contributed by atoms with E-state index in [1.165, 1.54) is 39.2 Å². The first-order valence-corrected chi connectivity index (χ1v) is 20.2. The minimum atomic E-state index is -0.206. The van der Waals surface area contributed by atoms with Crippen molar-refractivity contribution in [1.29, 1.82) is 0 Å². The minimum absolute atomic E-state index is 0.105. The summed E-state index contributed by atoms with van der Waals surface area (Å²) in [7, 11) is 0. The van der Waals surface area contributed by atoms with Crippen LogP contribution in [0.15, 0.2) is 175 Å². The van der Waals surface area contributed by atoms with E-state index in [-0.39, 0.29) is 10.8 Å². The predicted octanol–water partition coefficient (Wildman–Crippen LogP) is 13.8. The second kappa shape index (κ2) is 14.4. The van der Waals surface area contributed by atoms with Crippen molar-refractivity contribution >= 4 is 33.2 Å². The molecule has 0 fully saturated rings. The number of fused-ring (bicyclic) bond motifs is 3. The van der Waals surface area contributed by atoms with E-state index in [4.69, 9.17) is 9.72 Å². The van der Waals surface area contributed by atoms with E-state index in [2.05, 4.69) is 221 Å². The molecule has 0 saturated carbocycles. The maximum absolute atomic E-state index is 6.90. The number of para-hydroxylation sites is 1. The highest BCUT2D eigenvalue weighted by Crippen LogP contribution is 2.41. The molecule has 288 valence electrons. The number of benzene rings is 6. The molecule has 8 aromatic rings. The van der Waals surface area contributed by atoms with Gasteiger partial charge in [0.05, 0.1) is 17.7 Å². The van der Waals surface area contributed by atoms with E-state index in [0.29, 0.717) is 6.67 Å². The lowest BCUT2D eigenvalue weighted by molar-refractivity contribution is 0.483. The third kappa shape index (κ3) is 6.71. The quantitative estimate of drug-likeness (QED) is 0.155. The average Bonchev–Trinajstić information content (AvgIpc) is 3.73. The van der Waals surface area contributed by atoms with E-state index in [9.17, 15) is 0 Å². The number of aromatic nitrogens is 2. The van der Waals surface area contributed by atoms with Crippen LogP contribution in [0.1, 0.15) is 65.2 Å². The van der Waals surface area contributed by atoms with Gasteiger partial charge in [-0.3, -0.25) is 4.57 Å². The Morgan fingerprint density at radius 3 is 1.88 bits per heavy atom. The van der Waals surface area contributed by atoms with E-state index in [0.717, 1.165) is 50.6 Å². The zero-order valence-corrected chi connectivity index (χ0v) is 34.5. The monoisotopic (exact) mass is 758 g/mol. The summed E-state index contributed by atoms with van der Waals surface area (Å²) in [6, 6.07) is 56.3. The first kappa shape index (κ1) is 37.0. The number of pyridine rings is 1. The molecule has 1 aliphatic rings. The number of hydrogen-bond acceptors (Lipinski definition) is 4. The molecule has 0 aliphatic carbocycles. The Hall–Kier alpha value is -6.59. The Bertz CT molecular complexity index is 2810. The largest absolute Gasteiger partial charge is 0.457 e. The molecule has 3 heterocycles. The lowest BCUT2D eigenvalue weighted by Crippen LogP contribution is -2.27. The molecule has 0 saturated heterocycles. The normalized spacial score (nSPS) is 13.6. The third-order valence-corrected chi connectivity index (χ3v) is 12.0. The molecule has 0 bridgehead atoms. The summed E-state index contributed by atoms with van der Waals surface area (Å²) >= 11 is 0. The van der Waals surface area contributed by atoms with Crippen molar-refractivity contribution in [2.45, 2.75) is 59.3 Å². The molecule has 0 atom stereocenters. The van der Waals surface area contributed by atoms with Crippen LogP contribution in [-0.4, -0.2) is 16.2 Å². The van der Waals surface area contributed by atoms with Crippen molar-refractivity contribution in [1.82, 2.24) is 9.55 Å². The Labute approximate surface area is 342 Å². The fraction of sp³-hybridized carbons (Fsp3) is 0.189. The maximum Gasteiger partial charge on any atom is 0.137 e. The first-order valence-electron chi connectivity index (χ1n) is 20.2. The molecule has 5 heteroatoms. The number of anilines is 2. The van der Waals surface area contributed by atoms with Crippen LogP contribution in [0.4, 0.5) is 11.4 Å². The zero-order chi connectivity index (χ0) is 40.2. The SMILES string of the molecule is CC1=C(C)N(c2cc(Oc3ccc4c5ccccc5n(-c5cc(C(C)(C)c6ccccc6)ccn5)c4c3)cc(-c3ccccc3)c2)CN1c1ccc(C(C)(C)C)cc1. The molecule has 1 aliphatic heterocycles. The van der Waals surface area contributed by atoms with Crippen LogP contribution in [0.5, 0.6) is 11.5 Å².